The highest BCUT2D eigenvalue weighted by atomic mass is 16.6. The lowest BCUT2D eigenvalue weighted by molar-refractivity contribution is -0.135. The summed E-state index contributed by atoms with van der Waals surface area (Å²) >= 11 is 0. The van der Waals surface area contributed by atoms with Gasteiger partial charge in [0.15, 0.2) is 17.2 Å². The zero-order valence-electron chi connectivity index (χ0n) is 15.8. The monoisotopic (exact) mass is 391 g/mol. The molecule has 1 saturated heterocycles. The Morgan fingerprint density at radius 3 is 2.69 bits per heavy atom. The minimum atomic E-state index is -1.29. The largest absolute Gasteiger partial charge is 0.388 e. The van der Waals surface area contributed by atoms with Crippen LogP contribution in [0.3, 0.4) is 0 Å². The van der Waals surface area contributed by atoms with Gasteiger partial charge in [0.1, 0.15) is 24.1 Å². The average molecular weight is 391 g/mol. The number of nitrogens with two attached hydrogens (primary N) is 1. The van der Waals surface area contributed by atoms with Crippen LogP contribution in [0.2, 0.25) is 0 Å². The number of benzene rings is 2. The molecule has 1 aliphatic rings. The lowest BCUT2D eigenvalue weighted by atomic mass is 9.92. The van der Waals surface area contributed by atoms with Gasteiger partial charge in [-0.25, -0.2) is 15.0 Å². The van der Waals surface area contributed by atoms with Crippen molar-refractivity contribution in [2.75, 3.05) is 5.73 Å². The molecule has 0 aliphatic carbocycles. The van der Waals surface area contributed by atoms with E-state index >= 15 is 0 Å². The third kappa shape index (κ3) is 2.61. The number of aliphatic hydroxyl groups is 2. The van der Waals surface area contributed by atoms with Crippen molar-refractivity contribution in [1.82, 2.24) is 19.5 Å². The van der Waals surface area contributed by atoms with E-state index in [1.807, 2.05) is 42.5 Å². The normalized spacial score (nSPS) is 27.1. The molecule has 0 spiro atoms. The van der Waals surface area contributed by atoms with E-state index in [4.69, 9.17) is 10.5 Å². The topological polar surface area (TPSA) is 119 Å². The molecule has 8 nitrogen and oxygen atoms in total. The molecule has 5 rings (SSSR count). The van der Waals surface area contributed by atoms with Gasteiger partial charge < -0.3 is 20.7 Å². The number of rotatable bonds is 3. The zero-order chi connectivity index (χ0) is 20.2. The Labute approximate surface area is 166 Å². The molecular formula is C21H21N5O3. The third-order valence-electron chi connectivity index (χ3n) is 5.75. The standard InChI is InChI=1S/C21H21N5O3/c1-12-17(27)18(28)21(29-12,26-11-25-16-19(22)23-10-24-20(16)26)9-14-7-4-6-13-5-2-3-8-15(13)14/h2-8,10-12,17-18,27-28H,9H2,1H3,(H2,22,23,24)/t12-,17-,18-,21-/m1/s1. The number of nitrogens with zero attached hydrogens (tertiary/aromatic N) is 4. The van der Waals surface area contributed by atoms with Crippen LogP contribution in [0.4, 0.5) is 5.82 Å². The summed E-state index contributed by atoms with van der Waals surface area (Å²) in [5.74, 6) is 0.246. The maximum absolute atomic E-state index is 11.1. The summed E-state index contributed by atoms with van der Waals surface area (Å²) in [5, 5.41) is 23.8. The predicted octanol–water partition coefficient (Wildman–Crippen LogP) is 1.60. The summed E-state index contributed by atoms with van der Waals surface area (Å²) in [5.41, 5.74) is 6.50. The first-order valence-electron chi connectivity index (χ1n) is 9.46. The van der Waals surface area contributed by atoms with Gasteiger partial charge in [0.2, 0.25) is 0 Å². The molecule has 29 heavy (non-hydrogen) atoms. The Bertz CT molecular complexity index is 1200. The first kappa shape index (κ1) is 18.0. The van der Waals surface area contributed by atoms with E-state index < -0.39 is 24.0 Å². The second kappa shape index (κ2) is 6.48. The number of hydrogen-bond donors (Lipinski definition) is 3. The molecule has 0 saturated carbocycles. The highest BCUT2D eigenvalue weighted by molar-refractivity contribution is 5.86. The van der Waals surface area contributed by atoms with E-state index in [1.165, 1.54) is 12.7 Å². The number of aromatic nitrogens is 4. The molecule has 0 amide bonds. The van der Waals surface area contributed by atoms with E-state index in [0.717, 1.165) is 16.3 Å². The second-order valence-corrected chi connectivity index (χ2v) is 7.46. The molecule has 0 unspecified atom stereocenters. The van der Waals surface area contributed by atoms with Crippen LogP contribution in [0, 0.1) is 0 Å². The fraction of sp³-hybridized carbons (Fsp3) is 0.286. The Balaban J connectivity index is 1.73. The summed E-state index contributed by atoms with van der Waals surface area (Å²) in [4.78, 5) is 12.6. The van der Waals surface area contributed by atoms with Crippen LogP contribution < -0.4 is 5.73 Å². The number of aliphatic hydroxyl groups excluding tert-OH is 2. The summed E-state index contributed by atoms with van der Waals surface area (Å²) in [7, 11) is 0. The van der Waals surface area contributed by atoms with Crippen LogP contribution in [0.15, 0.2) is 55.1 Å². The van der Waals surface area contributed by atoms with E-state index in [2.05, 4.69) is 15.0 Å². The molecule has 148 valence electrons. The van der Waals surface area contributed by atoms with Crippen molar-refractivity contribution < 1.29 is 14.9 Å². The Morgan fingerprint density at radius 2 is 1.90 bits per heavy atom. The predicted molar refractivity (Wildman–Crippen MR) is 108 cm³/mol. The molecule has 4 atom stereocenters. The molecule has 1 fully saturated rings. The molecule has 0 radical (unpaired) electrons. The van der Waals surface area contributed by atoms with Gasteiger partial charge in [0, 0.05) is 6.42 Å². The summed E-state index contributed by atoms with van der Waals surface area (Å²) < 4.78 is 7.91. The van der Waals surface area contributed by atoms with E-state index in [1.54, 1.807) is 11.5 Å². The quantitative estimate of drug-likeness (QED) is 0.485. The van der Waals surface area contributed by atoms with E-state index in [0.29, 0.717) is 17.6 Å². The molecule has 1 aliphatic heterocycles. The second-order valence-electron chi connectivity index (χ2n) is 7.46. The summed E-state index contributed by atoms with van der Waals surface area (Å²) in [6.07, 6.45) is 0.382. The van der Waals surface area contributed by atoms with Crippen molar-refractivity contribution in [2.45, 2.75) is 37.4 Å². The van der Waals surface area contributed by atoms with E-state index in [9.17, 15) is 10.2 Å². The van der Waals surface area contributed by atoms with Gasteiger partial charge in [0.25, 0.3) is 0 Å². The number of hydrogen-bond acceptors (Lipinski definition) is 7. The van der Waals surface area contributed by atoms with Crippen LogP contribution in [0.25, 0.3) is 21.9 Å². The number of nitrogen functional groups attached to an aromatic ring is 1. The van der Waals surface area contributed by atoms with Crippen LogP contribution in [-0.4, -0.2) is 48.0 Å². The SMILES string of the molecule is C[C@H]1O[C@@](Cc2cccc3ccccc23)(n2cnc3c(N)ncnc32)[C@H](O)[C@@H]1O. The fourth-order valence-corrected chi connectivity index (χ4v) is 4.26. The van der Waals surface area contributed by atoms with Crippen molar-refractivity contribution in [1.29, 1.82) is 0 Å². The molecule has 2 aromatic heterocycles. The van der Waals surface area contributed by atoms with Gasteiger partial charge in [-0.2, -0.15) is 0 Å². The molecule has 8 heteroatoms. The average Bonchev–Trinajstić information content (AvgIpc) is 3.26. The fourth-order valence-electron chi connectivity index (χ4n) is 4.26. The van der Waals surface area contributed by atoms with Crippen molar-refractivity contribution >= 4 is 27.8 Å². The first-order chi connectivity index (χ1) is 14.0. The van der Waals surface area contributed by atoms with Crippen molar-refractivity contribution in [3.8, 4) is 0 Å². The van der Waals surface area contributed by atoms with E-state index in [-0.39, 0.29) is 5.82 Å². The van der Waals surface area contributed by atoms with Crippen LogP contribution >= 0.6 is 0 Å². The van der Waals surface area contributed by atoms with Gasteiger partial charge >= 0.3 is 0 Å². The minimum absolute atomic E-state index is 0.246. The van der Waals surface area contributed by atoms with Gasteiger partial charge in [0.05, 0.1) is 12.4 Å². The zero-order valence-corrected chi connectivity index (χ0v) is 15.8. The Hall–Kier alpha value is -3.07. The van der Waals surface area contributed by atoms with Crippen molar-refractivity contribution in [3.05, 3.63) is 60.7 Å². The molecule has 4 aromatic rings. The Morgan fingerprint density at radius 1 is 1.10 bits per heavy atom. The molecular weight excluding hydrogens is 370 g/mol. The third-order valence-corrected chi connectivity index (χ3v) is 5.75. The molecule has 2 aromatic carbocycles. The van der Waals surface area contributed by atoms with Gasteiger partial charge in [-0.3, -0.25) is 4.57 Å². The highest BCUT2D eigenvalue weighted by Crippen LogP contribution is 2.41. The van der Waals surface area contributed by atoms with Crippen molar-refractivity contribution in [3.63, 3.8) is 0 Å². The number of ether oxygens (including phenoxy) is 1. The van der Waals surface area contributed by atoms with Gasteiger partial charge in [-0.1, -0.05) is 42.5 Å². The number of anilines is 1. The molecule has 4 N–H and O–H groups in total. The van der Waals surface area contributed by atoms with Gasteiger partial charge in [-0.05, 0) is 23.3 Å². The minimum Gasteiger partial charge on any atom is -0.388 e. The summed E-state index contributed by atoms with van der Waals surface area (Å²) in [6.45, 7) is 1.74. The maximum atomic E-state index is 11.1. The maximum Gasteiger partial charge on any atom is 0.180 e. The Kier molecular flexibility index (Phi) is 4.02. The van der Waals surface area contributed by atoms with Gasteiger partial charge in [-0.15, -0.1) is 0 Å². The van der Waals surface area contributed by atoms with Crippen molar-refractivity contribution in [2.24, 2.45) is 0 Å². The number of imidazole rings is 1. The van der Waals surface area contributed by atoms with Crippen LogP contribution in [0.5, 0.6) is 0 Å². The lowest BCUT2D eigenvalue weighted by Gasteiger charge is -2.34. The van der Waals surface area contributed by atoms with Crippen LogP contribution in [-0.2, 0) is 16.9 Å². The smallest absolute Gasteiger partial charge is 0.180 e. The summed E-state index contributed by atoms with van der Waals surface area (Å²) in [6, 6.07) is 14.0. The molecule has 3 heterocycles. The number of fused-ring (bicyclic) bond motifs is 2. The highest BCUT2D eigenvalue weighted by Gasteiger charge is 2.54. The molecule has 0 bridgehead atoms. The first-order valence-corrected chi connectivity index (χ1v) is 9.46. The lowest BCUT2D eigenvalue weighted by Crippen LogP contribution is -2.47. The van der Waals surface area contributed by atoms with Crippen LogP contribution in [0.1, 0.15) is 12.5 Å².